The maximum Gasteiger partial charge on any atom is 0.224 e. The molecule has 2 aliphatic rings. The second kappa shape index (κ2) is 5.17. The maximum absolute atomic E-state index is 11.5. The summed E-state index contributed by atoms with van der Waals surface area (Å²) in [6, 6.07) is 0. The summed E-state index contributed by atoms with van der Waals surface area (Å²) in [5, 5.41) is 0.0344. The number of alkyl halides is 1. The molecule has 2 fully saturated rings. The normalized spacial score (nSPS) is 28.7. The lowest BCUT2D eigenvalue weighted by molar-refractivity contribution is -0.127. The van der Waals surface area contributed by atoms with E-state index in [1.807, 2.05) is 4.90 Å². The molecule has 0 aliphatic carbocycles. The Morgan fingerprint density at radius 3 is 2.73 bits per heavy atom. The Balaban J connectivity index is 1.70. The van der Waals surface area contributed by atoms with E-state index in [2.05, 4.69) is 0 Å². The van der Waals surface area contributed by atoms with Crippen LogP contribution in [0.15, 0.2) is 0 Å². The van der Waals surface area contributed by atoms with E-state index in [1.165, 1.54) is 0 Å². The number of likely N-dealkylation sites (tertiary alicyclic amines) is 1. The molecule has 2 heterocycles. The van der Waals surface area contributed by atoms with Crippen LogP contribution in [0.2, 0.25) is 0 Å². The zero-order chi connectivity index (χ0) is 10.7. The summed E-state index contributed by atoms with van der Waals surface area (Å²) in [5.74, 6) is 0.961. The number of halogens is 1. The lowest BCUT2D eigenvalue weighted by Gasteiger charge is -2.24. The van der Waals surface area contributed by atoms with Crippen LogP contribution in [0.5, 0.6) is 0 Å². The van der Waals surface area contributed by atoms with E-state index in [1.54, 1.807) is 0 Å². The third-order valence-electron chi connectivity index (χ3n) is 3.32. The summed E-state index contributed by atoms with van der Waals surface area (Å²) in [6.45, 7) is 3.39. The van der Waals surface area contributed by atoms with E-state index in [9.17, 15) is 4.79 Å². The summed E-state index contributed by atoms with van der Waals surface area (Å²) in [6.07, 6.45) is 3.92. The van der Waals surface area contributed by atoms with E-state index in [0.29, 0.717) is 6.42 Å². The molecule has 0 spiro atoms. The summed E-state index contributed by atoms with van der Waals surface area (Å²) in [7, 11) is 0. The van der Waals surface area contributed by atoms with Crippen molar-refractivity contribution in [2.75, 3.05) is 26.3 Å². The van der Waals surface area contributed by atoms with Crippen LogP contribution >= 0.6 is 11.6 Å². The van der Waals surface area contributed by atoms with Crippen LogP contribution < -0.4 is 0 Å². The van der Waals surface area contributed by atoms with Crippen LogP contribution in [0, 0.1) is 5.92 Å². The fraction of sp³-hybridized carbons (Fsp3) is 0.909. The van der Waals surface area contributed by atoms with E-state index in [-0.39, 0.29) is 11.3 Å². The molecule has 2 rings (SSSR count). The van der Waals surface area contributed by atoms with Crippen LogP contribution in [-0.4, -0.2) is 42.5 Å². The molecule has 1 atom stereocenters. The third kappa shape index (κ3) is 3.08. The molecule has 0 radical (unpaired) electrons. The first-order valence-electron chi connectivity index (χ1n) is 5.75. The molecule has 0 aromatic rings. The molecule has 2 aliphatic heterocycles. The van der Waals surface area contributed by atoms with Gasteiger partial charge in [0.25, 0.3) is 0 Å². The molecule has 86 valence electrons. The fourth-order valence-corrected chi connectivity index (χ4v) is 2.61. The maximum atomic E-state index is 11.5. The highest BCUT2D eigenvalue weighted by Gasteiger charge is 2.28. The SMILES string of the molecule is O=C1CC(Cl)CN1CCC1CCOCC1. The second-order valence-electron chi connectivity index (χ2n) is 4.49. The molecule has 15 heavy (non-hydrogen) atoms. The van der Waals surface area contributed by atoms with Gasteiger partial charge in [0.1, 0.15) is 0 Å². The summed E-state index contributed by atoms with van der Waals surface area (Å²) in [4.78, 5) is 13.4. The summed E-state index contributed by atoms with van der Waals surface area (Å²) in [5.41, 5.74) is 0. The molecule has 0 aromatic carbocycles. The first-order chi connectivity index (χ1) is 7.25. The van der Waals surface area contributed by atoms with Gasteiger partial charge < -0.3 is 9.64 Å². The molecule has 0 aromatic heterocycles. The minimum atomic E-state index is 0.0344. The molecular weight excluding hydrogens is 214 g/mol. The van der Waals surface area contributed by atoms with Gasteiger partial charge in [0.05, 0.1) is 5.38 Å². The molecule has 0 N–H and O–H groups in total. The van der Waals surface area contributed by atoms with Gasteiger partial charge in [-0.05, 0) is 25.2 Å². The van der Waals surface area contributed by atoms with Gasteiger partial charge in [0.15, 0.2) is 0 Å². The predicted octanol–water partition coefficient (Wildman–Crippen LogP) is 1.64. The standard InChI is InChI=1S/C11H18ClNO2/c12-10-7-11(14)13(8-10)4-1-9-2-5-15-6-3-9/h9-10H,1-8H2. The molecular formula is C11H18ClNO2. The zero-order valence-corrected chi connectivity index (χ0v) is 9.71. The highest BCUT2D eigenvalue weighted by molar-refractivity contribution is 6.22. The molecule has 0 bridgehead atoms. The van der Waals surface area contributed by atoms with E-state index < -0.39 is 0 Å². The summed E-state index contributed by atoms with van der Waals surface area (Å²) >= 11 is 5.94. The van der Waals surface area contributed by atoms with Gasteiger partial charge in [0, 0.05) is 32.7 Å². The van der Waals surface area contributed by atoms with Crippen molar-refractivity contribution >= 4 is 17.5 Å². The summed E-state index contributed by atoms with van der Waals surface area (Å²) < 4.78 is 5.31. The Morgan fingerprint density at radius 1 is 1.40 bits per heavy atom. The predicted molar refractivity (Wildman–Crippen MR) is 59.0 cm³/mol. The average molecular weight is 232 g/mol. The van der Waals surface area contributed by atoms with Crippen molar-refractivity contribution in [1.29, 1.82) is 0 Å². The van der Waals surface area contributed by atoms with Crippen molar-refractivity contribution in [3.8, 4) is 0 Å². The minimum Gasteiger partial charge on any atom is -0.381 e. The lowest BCUT2D eigenvalue weighted by Crippen LogP contribution is -2.29. The first kappa shape index (κ1) is 11.2. The Kier molecular flexibility index (Phi) is 3.87. The zero-order valence-electron chi connectivity index (χ0n) is 8.95. The van der Waals surface area contributed by atoms with Crippen molar-refractivity contribution < 1.29 is 9.53 Å². The number of rotatable bonds is 3. The van der Waals surface area contributed by atoms with Gasteiger partial charge in [-0.3, -0.25) is 4.79 Å². The van der Waals surface area contributed by atoms with Gasteiger partial charge in [-0.1, -0.05) is 0 Å². The molecule has 0 saturated carbocycles. The number of ether oxygens (including phenoxy) is 1. The second-order valence-corrected chi connectivity index (χ2v) is 5.10. The van der Waals surface area contributed by atoms with Crippen molar-refractivity contribution in [3.05, 3.63) is 0 Å². The van der Waals surface area contributed by atoms with Gasteiger partial charge in [-0.25, -0.2) is 0 Å². The Hall–Kier alpha value is -0.280. The molecule has 2 saturated heterocycles. The van der Waals surface area contributed by atoms with E-state index in [4.69, 9.17) is 16.3 Å². The lowest BCUT2D eigenvalue weighted by atomic mass is 9.96. The minimum absolute atomic E-state index is 0.0344. The van der Waals surface area contributed by atoms with Crippen LogP contribution in [0.4, 0.5) is 0 Å². The van der Waals surface area contributed by atoms with Crippen LogP contribution in [0.1, 0.15) is 25.7 Å². The van der Waals surface area contributed by atoms with Crippen molar-refractivity contribution in [2.45, 2.75) is 31.1 Å². The number of carbonyl (C=O) groups is 1. The van der Waals surface area contributed by atoms with Crippen LogP contribution in [-0.2, 0) is 9.53 Å². The Morgan fingerprint density at radius 2 is 2.13 bits per heavy atom. The van der Waals surface area contributed by atoms with Crippen molar-refractivity contribution in [2.24, 2.45) is 5.92 Å². The number of hydrogen-bond acceptors (Lipinski definition) is 2. The van der Waals surface area contributed by atoms with Crippen molar-refractivity contribution in [3.63, 3.8) is 0 Å². The smallest absolute Gasteiger partial charge is 0.224 e. The van der Waals surface area contributed by atoms with Crippen molar-refractivity contribution in [1.82, 2.24) is 4.90 Å². The average Bonchev–Trinajstić information content (AvgIpc) is 2.56. The van der Waals surface area contributed by atoms with Gasteiger partial charge in [-0.15, -0.1) is 11.6 Å². The highest BCUT2D eigenvalue weighted by Crippen LogP contribution is 2.21. The molecule has 1 unspecified atom stereocenters. The highest BCUT2D eigenvalue weighted by atomic mass is 35.5. The quantitative estimate of drug-likeness (QED) is 0.692. The molecule has 3 nitrogen and oxygen atoms in total. The number of nitrogens with zero attached hydrogens (tertiary/aromatic N) is 1. The van der Waals surface area contributed by atoms with E-state index >= 15 is 0 Å². The number of hydrogen-bond donors (Lipinski definition) is 0. The number of carbonyl (C=O) groups excluding carboxylic acids is 1. The van der Waals surface area contributed by atoms with Gasteiger partial charge in [0.2, 0.25) is 5.91 Å². The largest absolute Gasteiger partial charge is 0.381 e. The van der Waals surface area contributed by atoms with Crippen LogP contribution in [0.25, 0.3) is 0 Å². The monoisotopic (exact) mass is 231 g/mol. The Bertz CT molecular complexity index is 229. The van der Waals surface area contributed by atoms with E-state index in [0.717, 1.165) is 51.5 Å². The fourth-order valence-electron chi connectivity index (χ4n) is 2.31. The van der Waals surface area contributed by atoms with Crippen LogP contribution in [0.3, 0.4) is 0 Å². The third-order valence-corrected chi connectivity index (χ3v) is 3.61. The first-order valence-corrected chi connectivity index (χ1v) is 6.19. The van der Waals surface area contributed by atoms with Gasteiger partial charge in [-0.2, -0.15) is 0 Å². The van der Waals surface area contributed by atoms with Gasteiger partial charge >= 0.3 is 0 Å². The Labute approximate surface area is 95.7 Å². The molecule has 1 amide bonds. The number of amides is 1. The molecule has 4 heteroatoms. The topological polar surface area (TPSA) is 29.5 Å².